The standard InChI is InChI=1S/C17H25BFNO3/c1-16(2)17(3,4)23-18(22-16)14-6-5-13(11-15(14)19)12-20-7-9-21-10-8-20/h5-6,11H,7-10,12H2,1-4H3. The largest absolute Gasteiger partial charge is 0.497 e. The van der Waals surface area contributed by atoms with Crippen LogP contribution in [0, 0.1) is 5.82 Å². The first-order chi connectivity index (χ1) is 10.8. The fraction of sp³-hybridized carbons (Fsp3) is 0.647. The summed E-state index contributed by atoms with van der Waals surface area (Å²) in [6, 6.07) is 5.34. The summed E-state index contributed by atoms with van der Waals surface area (Å²) < 4.78 is 31.8. The van der Waals surface area contributed by atoms with Crippen LogP contribution in [0.3, 0.4) is 0 Å². The molecule has 6 heteroatoms. The normalized spacial score (nSPS) is 24.1. The Hall–Kier alpha value is -0.945. The van der Waals surface area contributed by atoms with Gasteiger partial charge in [0, 0.05) is 25.1 Å². The number of morpholine rings is 1. The molecule has 2 fully saturated rings. The molecule has 0 aliphatic carbocycles. The number of hydrogen-bond donors (Lipinski definition) is 0. The van der Waals surface area contributed by atoms with Crippen LogP contribution in [0.5, 0.6) is 0 Å². The Morgan fingerprint density at radius 2 is 1.70 bits per heavy atom. The highest BCUT2D eigenvalue weighted by atomic mass is 19.1. The van der Waals surface area contributed by atoms with Gasteiger partial charge in [0.2, 0.25) is 0 Å². The zero-order chi connectivity index (χ0) is 16.7. The Morgan fingerprint density at radius 1 is 1.09 bits per heavy atom. The summed E-state index contributed by atoms with van der Waals surface area (Å²) in [7, 11) is -0.655. The van der Waals surface area contributed by atoms with E-state index < -0.39 is 18.3 Å². The van der Waals surface area contributed by atoms with Gasteiger partial charge < -0.3 is 14.0 Å². The summed E-state index contributed by atoms with van der Waals surface area (Å²) >= 11 is 0. The van der Waals surface area contributed by atoms with E-state index in [1.165, 1.54) is 0 Å². The van der Waals surface area contributed by atoms with Gasteiger partial charge in [-0.15, -0.1) is 0 Å². The summed E-state index contributed by atoms with van der Waals surface area (Å²) in [5.74, 6) is -0.269. The molecule has 23 heavy (non-hydrogen) atoms. The molecule has 2 aliphatic heterocycles. The molecule has 3 rings (SSSR count). The van der Waals surface area contributed by atoms with E-state index in [0.29, 0.717) is 5.46 Å². The van der Waals surface area contributed by atoms with E-state index in [2.05, 4.69) is 4.90 Å². The van der Waals surface area contributed by atoms with E-state index in [1.807, 2.05) is 33.8 Å². The van der Waals surface area contributed by atoms with Crippen molar-refractivity contribution in [2.75, 3.05) is 26.3 Å². The fourth-order valence-corrected chi connectivity index (χ4v) is 2.85. The van der Waals surface area contributed by atoms with Crippen LogP contribution >= 0.6 is 0 Å². The van der Waals surface area contributed by atoms with Crippen molar-refractivity contribution in [3.8, 4) is 0 Å². The zero-order valence-corrected chi connectivity index (χ0v) is 14.4. The minimum atomic E-state index is -0.655. The van der Waals surface area contributed by atoms with Crippen molar-refractivity contribution in [2.45, 2.75) is 45.4 Å². The topological polar surface area (TPSA) is 30.9 Å². The molecule has 4 nitrogen and oxygen atoms in total. The maximum atomic E-state index is 14.6. The van der Waals surface area contributed by atoms with Gasteiger partial charge >= 0.3 is 7.12 Å². The Morgan fingerprint density at radius 3 is 2.26 bits per heavy atom. The first-order valence-electron chi connectivity index (χ1n) is 8.22. The molecule has 0 N–H and O–H groups in total. The summed E-state index contributed by atoms with van der Waals surface area (Å²) in [6.45, 7) is 11.9. The molecule has 2 aliphatic rings. The number of halogens is 1. The molecule has 126 valence electrons. The molecule has 2 saturated heterocycles. The van der Waals surface area contributed by atoms with Gasteiger partial charge in [0.15, 0.2) is 0 Å². The van der Waals surface area contributed by atoms with E-state index >= 15 is 0 Å². The summed E-state index contributed by atoms with van der Waals surface area (Å²) in [5.41, 5.74) is 0.506. The minimum absolute atomic E-state index is 0.269. The molecule has 1 aromatic carbocycles. The number of hydrogen-bond acceptors (Lipinski definition) is 4. The molecule has 0 spiro atoms. The van der Waals surface area contributed by atoms with Crippen LogP contribution in [0.4, 0.5) is 4.39 Å². The second kappa shape index (κ2) is 6.17. The van der Waals surface area contributed by atoms with E-state index in [4.69, 9.17) is 14.0 Å². The first-order valence-corrected chi connectivity index (χ1v) is 8.22. The fourth-order valence-electron chi connectivity index (χ4n) is 2.85. The second-order valence-electron chi connectivity index (χ2n) is 7.33. The minimum Gasteiger partial charge on any atom is -0.399 e. The molecular weight excluding hydrogens is 296 g/mol. The number of ether oxygens (including phenoxy) is 1. The Kier molecular flexibility index (Phi) is 4.53. The molecule has 2 heterocycles. The lowest BCUT2D eigenvalue weighted by atomic mass is 9.78. The monoisotopic (exact) mass is 321 g/mol. The van der Waals surface area contributed by atoms with Crippen LogP contribution in [-0.4, -0.2) is 49.5 Å². The molecule has 1 aromatic rings. The maximum absolute atomic E-state index is 14.6. The van der Waals surface area contributed by atoms with Crippen LogP contribution in [0.2, 0.25) is 0 Å². The van der Waals surface area contributed by atoms with E-state index in [9.17, 15) is 4.39 Å². The third-order valence-electron chi connectivity index (χ3n) is 5.08. The smallest absolute Gasteiger partial charge is 0.399 e. The molecule has 0 unspecified atom stereocenters. The van der Waals surface area contributed by atoms with Crippen molar-refractivity contribution >= 4 is 12.6 Å². The van der Waals surface area contributed by atoms with Crippen LogP contribution in [0.15, 0.2) is 18.2 Å². The molecular formula is C17H25BFNO3. The lowest BCUT2D eigenvalue weighted by molar-refractivity contribution is 0.00578. The molecule has 0 aromatic heterocycles. The average Bonchev–Trinajstić information content (AvgIpc) is 2.68. The highest BCUT2D eigenvalue weighted by Crippen LogP contribution is 2.36. The van der Waals surface area contributed by atoms with Gasteiger partial charge in [-0.25, -0.2) is 4.39 Å². The molecule has 0 amide bonds. The summed E-state index contributed by atoms with van der Waals surface area (Å²) in [5, 5.41) is 0. The van der Waals surface area contributed by atoms with Gasteiger partial charge in [-0.2, -0.15) is 0 Å². The van der Waals surface area contributed by atoms with Gasteiger partial charge in [0.25, 0.3) is 0 Å². The molecule has 0 atom stereocenters. The average molecular weight is 321 g/mol. The predicted molar refractivity (Wildman–Crippen MR) is 88.2 cm³/mol. The first kappa shape index (κ1) is 16.9. The van der Waals surface area contributed by atoms with E-state index in [1.54, 1.807) is 12.1 Å². The van der Waals surface area contributed by atoms with Gasteiger partial charge in [0.05, 0.1) is 24.4 Å². The van der Waals surface area contributed by atoms with Gasteiger partial charge in [-0.3, -0.25) is 4.90 Å². The third-order valence-corrected chi connectivity index (χ3v) is 5.08. The van der Waals surface area contributed by atoms with Crippen LogP contribution in [-0.2, 0) is 20.6 Å². The quantitative estimate of drug-likeness (QED) is 0.797. The SMILES string of the molecule is CC1(C)OB(c2ccc(CN3CCOCC3)cc2F)OC1(C)C. The van der Waals surface area contributed by atoms with Crippen molar-refractivity contribution in [3.63, 3.8) is 0 Å². The summed E-state index contributed by atoms with van der Waals surface area (Å²) in [4.78, 5) is 2.27. The maximum Gasteiger partial charge on any atom is 0.497 e. The van der Waals surface area contributed by atoms with Gasteiger partial charge in [0.1, 0.15) is 5.82 Å². The number of rotatable bonds is 3. The van der Waals surface area contributed by atoms with E-state index in [0.717, 1.165) is 38.4 Å². The van der Waals surface area contributed by atoms with Crippen molar-refractivity contribution in [2.24, 2.45) is 0 Å². The Labute approximate surface area is 138 Å². The van der Waals surface area contributed by atoms with Crippen molar-refractivity contribution in [3.05, 3.63) is 29.6 Å². The van der Waals surface area contributed by atoms with Gasteiger partial charge in [-0.1, -0.05) is 12.1 Å². The van der Waals surface area contributed by atoms with Crippen molar-refractivity contribution in [1.29, 1.82) is 0 Å². The van der Waals surface area contributed by atoms with Crippen LogP contribution in [0.25, 0.3) is 0 Å². The lowest BCUT2D eigenvalue weighted by Gasteiger charge is -2.32. The Balaban J connectivity index is 1.72. The van der Waals surface area contributed by atoms with Crippen LogP contribution in [0.1, 0.15) is 33.3 Å². The third kappa shape index (κ3) is 3.45. The molecule has 0 radical (unpaired) electrons. The number of benzene rings is 1. The number of nitrogens with zero attached hydrogens (tertiary/aromatic N) is 1. The molecule has 0 saturated carbocycles. The Bertz CT molecular complexity index is 557. The zero-order valence-electron chi connectivity index (χ0n) is 14.4. The van der Waals surface area contributed by atoms with Crippen molar-refractivity contribution < 1.29 is 18.4 Å². The second-order valence-corrected chi connectivity index (χ2v) is 7.33. The predicted octanol–water partition coefficient (Wildman–Crippen LogP) is 1.96. The highest BCUT2D eigenvalue weighted by Gasteiger charge is 2.52. The van der Waals surface area contributed by atoms with Gasteiger partial charge in [-0.05, 0) is 39.3 Å². The lowest BCUT2D eigenvalue weighted by Crippen LogP contribution is -2.41. The van der Waals surface area contributed by atoms with Crippen molar-refractivity contribution in [1.82, 2.24) is 4.90 Å². The summed E-state index contributed by atoms with van der Waals surface area (Å²) in [6.07, 6.45) is 0. The highest BCUT2D eigenvalue weighted by molar-refractivity contribution is 6.62. The van der Waals surface area contributed by atoms with E-state index in [-0.39, 0.29) is 5.82 Å². The molecule has 0 bridgehead atoms. The van der Waals surface area contributed by atoms with Crippen LogP contribution < -0.4 is 5.46 Å².